The molecule has 1 N–H and O–H groups in total. The summed E-state index contributed by atoms with van der Waals surface area (Å²) in [5, 5.41) is 7.33. The van der Waals surface area contributed by atoms with Gasteiger partial charge in [0.2, 0.25) is 0 Å². The maximum atomic E-state index is 13.9. The van der Waals surface area contributed by atoms with Crippen molar-refractivity contribution in [1.29, 1.82) is 0 Å². The molecule has 0 aliphatic carbocycles. The minimum Gasteiger partial charge on any atom is -0.383 e. The van der Waals surface area contributed by atoms with Crippen LogP contribution in [0.1, 0.15) is 5.56 Å². The van der Waals surface area contributed by atoms with E-state index in [0.717, 1.165) is 10.2 Å². The predicted molar refractivity (Wildman–Crippen MR) is 74.8 cm³/mol. The van der Waals surface area contributed by atoms with E-state index in [4.69, 9.17) is 4.74 Å². The van der Waals surface area contributed by atoms with Crippen molar-refractivity contribution in [3.05, 3.63) is 46.4 Å². The molecule has 19 heavy (non-hydrogen) atoms. The van der Waals surface area contributed by atoms with Gasteiger partial charge in [-0.2, -0.15) is 5.10 Å². The highest BCUT2D eigenvalue weighted by Crippen LogP contribution is 2.19. The van der Waals surface area contributed by atoms with Crippen molar-refractivity contribution in [2.75, 3.05) is 20.3 Å². The number of halogens is 2. The topological polar surface area (TPSA) is 39.1 Å². The minimum atomic E-state index is -0.242. The Morgan fingerprint density at radius 3 is 3.00 bits per heavy atom. The average Bonchev–Trinajstić information content (AvgIpc) is 2.82. The van der Waals surface area contributed by atoms with E-state index in [-0.39, 0.29) is 5.82 Å². The highest BCUT2D eigenvalue weighted by molar-refractivity contribution is 9.10. The van der Waals surface area contributed by atoms with E-state index in [1.165, 1.54) is 6.07 Å². The van der Waals surface area contributed by atoms with Crippen molar-refractivity contribution < 1.29 is 9.13 Å². The third kappa shape index (κ3) is 3.62. The molecule has 0 atom stereocenters. The first-order chi connectivity index (χ1) is 9.22. The molecule has 2 aromatic rings. The Hall–Kier alpha value is -1.24. The number of benzene rings is 1. The van der Waals surface area contributed by atoms with Gasteiger partial charge in [0.15, 0.2) is 0 Å². The molecule has 6 heteroatoms. The van der Waals surface area contributed by atoms with E-state index < -0.39 is 0 Å². The van der Waals surface area contributed by atoms with E-state index in [9.17, 15) is 4.39 Å². The molecule has 1 aromatic heterocycles. The predicted octanol–water partition coefficient (Wildman–Crippen LogP) is 2.51. The molecule has 0 saturated heterocycles. The van der Waals surface area contributed by atoms with Crippen LogP contribution in [0.2, 0.25) is 0 Å². The first kappa shape index (κ1) is 14.2. The summed E-state index contributed by atoms with van der Waals surface area (Å²) in [6, 6.07) is 4.98. The third-order valence-corrected chi connectivity index (χ3v) is 3.09. The summed E-state index contributed by atoms with van der Waals surface area (Å²) in [5.74, 6) is -0.242. The fraction of sp³-hybridized carbons (Fsp3) is 0.308. The zero-order valence-electron chi connectivity index (χ0n) is 10.6. The monoisotopic (exact) mass is 327 g/mol. The number of aromatic nitrogens is 2. The molecule has 0 saturated carbocycles. The smallest absolute Gasteiger partial charge is 0.129 e. The van der Waals surface area contributed by atoms with Crippen LogP contribution in [0.4, 0.5) is 4.39 Å². The van der Waals surface area contributed by atoms with Crippen LogP contribution >= 0.6 is 15.9 Å². The Kier molecular flexibility index (Phi) is 5.07. The maximum absolute atomic E-state index is 13.9. The summed E-state index contributed by atoms with van der Waals surface area (Å²) < 4.78 is 21.4. The fourth-order valence-electron chi connectivity index (χ4n) is 1.76. The fourth-order valence-corrected chi connectivity index (χ4v) is 2.04. The number of ether oxygens (including phenoxy) is 1. The second kappa shape index (κ2) is 6.79. The van der Waals surface area contributed by atoms with Crippen LogP contribution in [0.15, 0.2) is 35.1 Å². The lowest BCUT2D eigenvalue weighted by atomic mass is 10.1. The van der Waals surface area contributed by atoms with E-state index in [1.807, 2.05) is 6.07 Å². The van der Waals surface area contributed by atoms with E-state index in [1.54, 1.807) is 30.3 Å². The quantitative estimate of drug-likeness (QED) is 0.828. The standard InChI is InChI=1S/C13H15BrFN3O/c1-19-6-5-16-8-11-12(15)3-2-4-13(11)18-9-10(14)7-17-18/h2-4,7,9,16H,5-6,8H2,1H3. The average molecular weight is 328 g/mol. The molecule has 0 fully saturated rings. The Bertz CT molecular complexity index is 544. The zero-order valence-corrected chi connectivity index (χ0v) is 12.2. The van der Waals surface area contributed by atoms with E-state index in [0.29, 0.717) is 25.3 Å². The van der Waals surface area contributed by atoms with Gasteiger partial charge in [-0.1, -0.05) is 6.07 Å². The Morgan fingerprint density at radius 1 is 1.47 bits per heavy atom. The molecule has 1 heterocycles. The normalized spacial score (nSPS) is 10.9. The lowest BCUT2D eigenvalue weighted by Crippen LogP contribution is -2.20. The number of nitrogens with zero attached hydrogens (tertiary/aromatic N) is 2. The van der Waals surface area contributed by atoms with Crippen molar-refractivity contribution in [2.45, 2.75) is 6.54 Å². The second-order valence-electron chi connectivity index (χ2n) is 4.01. The van der Waals surface area contributed by atoms with E-state index in [2.05, 4.69) is 26.3 Å². The van der Waals surface area contributed by atoms with Gasteiger partial charge < -0.3 is 10.1 Å². The molecule has 0 amide bonds. The second-order valence-corrected chi connectivity index (χ2v) is 4.93. The number of nitrogens with one attached hydrogen (secondary N) is 1. The summed E-state index contributed by atoms with van der Waals surface area (Å²) in [7, 11) is 1.64. The van der Waals surface area contributed by atoms with Crippen molar-refractivity contribution in [1.82, 2.24) is 15.1 Å². The molecule has 1 aromatic carbocycles. The molecule has 0 spiro atoms. The molecule has 102 valence electrons. The van der Waals surface area contributed by atoms with Gasteiger partial charge in [0.1, 0.15) is 5.82 Å². The highest BCUT2D eigenvalue weighted by Gasteiger charge is 2.10. The van der Waals surface area contributed by atoms with Crippen LogP contribution in [0.25, 0.3) is 5.69 Å². The van der Waals surface area contributed by atoms with Crippen LogP contribution in [-0.4, -0.2) is 30.0 Å². The van der Waals surface area contributed by atoms with Gasteiger partial charge >= 0.3 is 0 Å². The Labute approximate surface area is 119 Å². The van der Waals surface area contributed by atoms with Crippen LogP contribution < -0.4 is 5.32 Å². The van der Waals surface area contributed by atoms with Gasteiger partial charge in [0, 0.05) is 32.0 Å². The highest BCUT2D eigenvalue weighted by atomic mass is 79.9. The molecular weight excluding hydrogens is 313 g/mol. The van der Waals surface area contributed by atoms with Gasteiger partial charge in [-0.3, -0.25) is 0 Å². The Balaban J connectivity index is 2.21. The van der Waals surface area contributed by atoms with Crippen LogP contribution in [0.5, 0.6) is 0 Å². The lowest BCUT2D eigenvalue weighted by molar-refractivity contribution is 0.199. The first-order valence-corrected chi connectivity index (χ1v) is 6.69. The molecule has 0 bridgehead atoms. The largest absolute Gasteiger partial charge is 0.383 e. The molecule has 2 rings (SSSR count). The number of rotatable bonds is 6. The van der Waals surface area contributed by atoms with Crippen molar-refractivity contribution in [3.8, 4) is 5.69 Å². The maximum Gasteiger partial charge on any atom is 0.129 e. The molecule has 0 unspecified atom stereocenters. The van der Waals surface area contributed by atoms with Crippen LogP contribution in [-0.2, 0) is 11.3 Å². The first-order valence-electron chi connectivity index (χ1n) is 5.90. The summed E-state index contributed by atoms with van der Waals surface area (Å²) in [4.78, 5) is 0. The van der Waals surface area contributed by atoms with Crippen LogP contribution in [0, 0.1) is 5.82 Å². The van der Waals surface area contributed by atoms with Crippen molar-refractivity contribution >= 4 is 15.9 Å². The van der Waals surface area contributed by atoms with Crippen LogP contribution in [0.3, 0.4) is 0 Å². The lowest BCUT2D eigenvalue weighted by Gasteiger charge is -2.11. The van der Waals surface area contributed by atoms with Crippen molar-refractivity contribution in [3.63, 3.8) is 0 Å². The number of hydrogen-bond acceptors (Lipinski definition) is 3. The summed E-state index contributed by atoms with van der Waals surface area (Å²) >= 11 is 3.34. The number of hydrogen-bond donors (Lipinski definition) is 1. The van der Waals surface area contributed by atoms with Gasteiger partial charge in [-0.15, -0.1) is 0 Å². The molecule has 0 aliphatic rings. The summed E-state index contributed by atoms with van der Waals surface area (Å²) in [6.07, 6.45) is 3.47. The molecule has 0 aliphatic heterocycles. The molecule has 0 radical (unpaired) electrons. The SMILES string of the molecule is COCCNCc1c(F)cccc1-n1cc(Br)cn1. The van der Waals surface area contributed by atoms with E-state index >= 15 is 0 Å². The van der Waals surface area contributed by atoms with Gasteiger partial charge in [-0.05, 0) is 28.1 Å². The Morgan fingerprint density at radius 2 is 2.32 bits per heavy atom. The summed E-state index contributed by atoms with van der Waals surface area (Å²) in [6.45, 7) is 1.70. The van der Waals surface area contributed by atoms with Gasteiger partial charge in [0.25, 0.3) is 0 Å². The number of methoxy groups -OCH3 is 1. The van der Waals surface area contributed by atoms with Gasteiger partial charge in [0.05, 0.1) is 23.0 Å². The molecular formula is C13H15BrFN3O. The zero-order chi connectivity index (χ0) is 13.7. The van der Waals surface area contributed by atoms with Crippen molar-refractivity contribution in [2.24, 2.45) is 0 Å². The van der Waals surface area contributed by atoms with Gasteiger partial charge in [-0.25, -0.2) is 9.07 Å². The third-order valence-electron chi connectivity index (χ3n) is 2.68. The summed E-state index contributed by atoms with van der Waals surface area (Å²) in [5.41, 5.74) is 1.32. The minimum absolute atomic E-state index is 0.242. The molecule has 4 nitrogen and oxygen atoms in total.